The van der Waals surface area contributed by atoms with E-state index in [-0.39, 0.29) is 24.9 Å². The summed E-state index contributed by atoms with van der Waals surface area (Å²) in [7, 11) is -2.83. The molecule has 1 N–H and O–H groups in total. The quantitative estimate of drug-likeness (QED) is 0.676. The third kappa shape index (κ3) is 4.02. The highest BCUT2D eigenvalue weighted by atomic mass is 32.2. The molecule has 2 heterocycles. The molecule has 0 bridgehead atoms. The number of carbonyl (C=O) groups is 1. The Morgan fingerprint density at radius 1 is 1.19 bits per heavy atom. The Balaban J connectivity index is 1.76. The number of hydrogen-bond donors (Lipinski definition) is 1. The van der Waals surface area contributed by atoms with E-state index in [0.717, 1.165) is 6.42 Å². The van der Waals surface area contributed by atoms with Crippen molar-refractivity contribution in [2.24, 2.45) is 0 Å². The fourth-order valence-corrected chi connectivity index (χ4v) is 5.46. The molecule has 1 saturated heterocycles. The van der Waals surface area contributed by atoms with Crippen LogP contribution in [0, 0.1) is 17.5 Å². The number of benzene rings is 2. The first-order valence-corrected chi connectivity index (χ1v) is 11.6. The molecule has 2 aromatic carbocycles. The number of sulfone groups is 1. The first kappa shape index (κ1) is 22.4. The smallest absolute Gasteiger partial charge is 0.261 e. The van der Waals surface area contributed by atoms with Crippen LogP contribution in [0.3, 0.4) is 0 Å². The molecule has 1 atom stereocenters. The zero-order valence-electron chi connectivity index (χ0n) is 17.2. The van der Waals surface area contributed by atoms with E-state index in [1.165, 1.54) is 36.3 Å². The maximum atomic E-state index is 15.5. The van der Waals surface area contributed by atoms with Crippen molar-refractivity contribution in [2.75, 3.05) is 42.8 Å². The number of carbonyl (C=O) groups excluding carboxylic acids is 1. The molecular weight excluding hydrogens is 449 g/mol. The van der Waals surface area contributed by atoms with Crippen molar-refractivity contribution in [1.82, 2.24) is 0 Å². The molecule has 2 aliphatic heterocycles. The van der Waals surface area contributed by atoms with Crippen molar-refractivity contribution in [3.63, 3.8) is 0 Å². The van der Waals surface area contributed by atoms with Crippen LogP contribution in [0.2, 0.25) is 0 Å². The van der Waals surface area contributed by atoms with Gasteiger partial charge >= 0.3 is 0 Å². The van der Waals surface area contributed by atoms with Gasteiger partial charge in [0.2, 0.25) is 0 Å². The van der Waals surface area contributed by atoms with Crippen molar-refractivity contribution in [1.29, 1.82) is 0 Å². The Morgan fingerprint density at radius 2 is 1.91 bits per heavy atom. The summed E-state index contributed by atoms with van der Waals surface area (Å²) < 4.78 is 80.7. The molecule has 1 fully saturated rings. The monoisotopic (exact) mass is 470 g/mol. The lowest BCUT2D eigenvalue weighted by molar-refractivity contribution is 0.101. The zero-order valence-corrected chi connectivity index (χ0v) is 18.0. The second-order valence-electron chi connectivity index (χ2n) is 7.58. The van der Waals surface area contributed by atoms with Crippen molar-refractivity contribution in [2.45, 2.75) is 23.8 Å². The number of nitrogens with zero attached hydrogens (tertiary/aromatic N) is 1. The molecule has 0 spiro atoms. The van der Waals surface area contributed by atoms with Crippen LogP contribution >= 0.6 is 0 Å². The fraction of sp³-hybridized carbons (Fsp3) is 0.381. The van der Waals surface area contributed by atoms with Crippen molar-refractivity contribution < 1.29 is 35.9 Å². The maximum absolute atomic E-state index is 15.5. The van der Waals surface area contributed by atoms with E-state index in [0.29, 0.717) is 18.8 Å². The average Bonchev–Trinajstić information content (AvgIpc) is 3.27. The van der Waals surface area contributed by atoms with Gasteiger partial charge in [0, 0.05) is 25.4 Å². The summed E-state index contributed by atoms with van der Waals surface area (Å²) in [5.41, 5.74) is -1.63. The Labute approximate surface area is 183 Å². The minimum Gasteiger partial charge on any atom is -0.497 e. The van der Waals surface area contributed by atoms with Crippen molar-refractivity contribution in [3.05, 3.63) is 47.3 Å². The van der Waals surface area contributed by atoms with Crippen LogP contribution in [-0.4, -0.2) is 53.0 Å². The number of hydrogen-bond acceptors (Lipinski definition) is 6. The Hall–Kier alpha value is -2.79. The van der Waals surface area contributed by atoms with Crippen LogP contribution in [0.5, 0.6) is 5.75 Å². The third-order valence-electron chi connectivity index (χ3n) is 5.53. The predicted molar refractivity (Wildman–Crippen MR) is 111 cm³/mol. The summed E-state index contributed by atoms with van der Waals surface area (Å²) in [6.45, 7) is 0.486. The molecule has 0 radical (unpaired) electrons. The molecule has 7 nitrogen and oxygen atoms in total. The van der Waals surface area contributed by atoms with E-state index < -0.39 is 55.1 Å². The molecule has 1 amide bonds. The van der Waals surface area contributed by atoms with Crippen LogP contribution in [0.1, 0.15) is 23.2 Å². The summed E-state index contributed by atoms with van der Waals surface area (Å²) in [6.07, 6.45) is 1.17. The summed E-state index contributed by atoms with van der Waals surface area (Å²) in [5, 5.41) is 2.30. The summed E-state index contributed by atoms with van der Waals surface area (Å²) in [5.74, 6) is -6.29. The molecule has 32 heavy (non-hydrogen) atoms. The highest BCUT2D eigenvalue weighted by Gasteiger charge is 2.40. The number of methoxy groups -OCH3 is 1. The minimum atomic E-state index is -4.28. The van der Waals surface area contributed by atoms with Gasteiger partial charge in [-0.25, -0.2) is 21.6 Å². The largest absolute Gasteiger partial charge is 0.497 e. The van der Waals surface area contributed by atoms with E-state index >= 15 is 4.39 Å². The highest BCUT2D eigenvalue weighted by molar-refractivity contribution is 7.91. The molecule has 1 unspecified atom stereocenters. The van der Waals surface area contributed by atoms with Gasteiger partial charge in [-0.2, -0.15) is 0 Å². The Bertz CT molecular complexity index is 1150. The molecule has 2 aromatic rings. The number of ether oxygens (including phenoxy) is 2. The average molecular weight is 470 g/mol. The molecular formula is C21H21F3N2O5S. The van der Waals surface area contributed by atoms with Crippen LogP contribution in [0.15, 0.2) is 29.2 Å². The number of nitrogens with one attached hydrogen (secondary N) is 1. The van der Waals surface area contributed by atoms with Gasteiger partial charge in [-0.05, 0) is 37.1 Å². The lowest BCUT2D eigenvalue weighted by atomic mass is 10.1. The third-order valence-corrected chi connectivity index (χ3v) is 7.25. The normalized spacial score (nSPS) is 19.5. The topological polar surface area (TPSA) is 84.9 Å². The number of rotatable bonds is 5. The van der Waals surface area contributed by atoms with Crippen LogP contribution in [0.4, 0.5) is 24.5 Å². The maximum Gasteiger partial charge on any atom is 0.261 e. The molecule has 4 rings (SSSR count). The van der Waals surface area contributed by atoms with Crippen LogP contribution < -0.4 is 15.0 Å². The van der Waals surface area contributed by atoms with Crippen molar-refractivity contribution in [3.8, 4) is 5.75 Å². The number of fused-ring (bicyclic) bond motifs is 1. The van der Waals surface area contributed by atoms with Gasteiger partial charge in [0.15, 0.2) is 27.3 Å². The molecule has 0 aliphatic carbocycles. The highest BCUT2D eigenvalue weighted by Crippen LogP contribution is 2.39. The van der Waals surface area contributed by atoms with Crippen molar-refractivity contribution >= 4 is 27.1 Å². The minimum absolute atomic E-state index is 0.101. The van der Waals surface area contributed by atoms with E-state index in [4.69, 9.17) is 9.47 Å². The van der Waals surface area contributed by atoms with E-state index in [1.807, 2.05) is 0 Å². The summed E-state index contributed by atoms with van der Waals surface area (Å²) >= 11 is 0. The summed E-state index contributed by atoms with van der Waals surface area (Å²) in [4.78, 5) is 12.9. The second-order valence-corrected chi connectivity index (χ2v) is 9.62. The van der Waals surface area contributed by atoms with Gasteiger partial charge in [0.05, 0.1) is 24.7 Å². The lowest BCUT2D eigenvalue weighted by Gasteiger charge is -2.33. The first-order chi connectivity index (χ1) is 15.2. The lowest BCUT2D eigenvalue weighted by Crippen LogP contribution is -2.42. The Kier molecular flexibility index (Phi) is 6.04. The van der Waals surface area contributed by atoms with Gasteiger partial charge in [-0.1, -0.05) is 0 Å². The van der Waals surface area contributed by atoms with Crippen LogP contribution in [-0.2, 0) is 14.6 Å². The van der Waals surface area contributed by atoms with Gasteiger partial charge in [0.25, 0.3) is 5.91 Å². The van der Waals surface area contributed by atoms with Crippen LogP contribution in [0.25, 0.3) is 0 Å². The fourth-order valence-electron chi connectivity index (χ4n) is 3.92. The van der Waals surface area contributed by atoms with Gasteiger partial charge in [-0.15, -0.1) is 0 Å². The predicted octanol–water partition coefficient (Wildman–Crippen LogP) is 3.14. The van der Waals surface area contributed by atoms with E-state index in [9.17, 15) is 22.0 Å². The van der Waals surface area contributed by atoms with E-state index in [2.05, 4.69) is 5.32 Å². The SMILES string of the molecule is COc1ccc(NC(=O)c2c(F)c(F)c3c(c2F)N(CC2CCCO2)CCS3(=O)=O)cc1. The first-order valence-electron chi connectivity index (χ1n) is 9.98. The Morgan fingerprint density at radius 3 is 2.53 bits per heavy atom. The molecule has 0 aromatic heterocycles. The number of amides is 1. The number of anilines is 2. The number of halogens is 3. The van der Waals surface area contributed by atoms with Gasteiger partial charge in [-0.3, -0.25) is 4.79 Å². The standard InChI is InChI=1S/C21H21F3N2O5S/c1-30-13-6-4-12(5-7-13)25-21(27)15-16(22)18(24)20-19(17(15)23)26(8-10-32(20,28)29)11-14-3-2-9-31-14/h4-7,14H,2-3,8-11H2,1H3,(H,25,27). The molecule has 11 heteroatoms. The molecule has 172 valence electrons. The van der Waals surface area contributed by atoms with Gasteiger partial charge in [0.1, 0.15) is 16.2 Å². The molecule has 2 aliphatic rings. The zero-order chi connectivity index (χ0) is 23.0. The van der Waals surface area contributed by atoms with E-state index in [1.54, 1.807) is 0 Å². The summed E-state index contributed by atoms with van der Waals surface area (Å²) in [6, 6.07) is 5.92. The second kappa shape index (κ2) is 8.62. The molecule has 0 saturated carbocycles. The van der Waals surface area contributed by atoms with Gasteiger partial charge < -0.3 is 19.7 Å².